The molecule has 1 heterocycles. The second kappa shape index (κ2) is 5.87. The van der Waals surface area contributed by atoms with Crippen LogP contribution < -0.4 is 0 Å². The van der Waals surface area contributed by atoms with E-state index >= 15 is 0 Å². The van der Waals surface area contributed by atoms with Crippen LogP contribution in [0.4, 0.5) is 0 Å². The summed E-state index contributed by atoms with van der Waals surface area (Å²) < 4.78 is 5.33. The topological polar surface area (TPSA) is 63.7 Å². The van der Waals surface area contributed by atoms with Gasteiger partial charge >= 0.3 is 5.97 Å². The Kier molecular flexibility index (Phi) is 4.14. The summed E-state index contributed by atoms with van der Waals surface area (Å²) >= 11 is 0. The van der Waals surface area contributed by atoms with E-state index in [-0.39, 0.29) is 41.8 Å². The number of imide groups is 1. The Hall–Kier alpha value is -1.91. The van der Waals surface area contributed by atoms with E-state index in [1.807, 2.05) is 27.7 Å². The van der Waals surface area contributed by atoms with Crippen LogP contribution >= 0.6 is 0 Å². The van der Waals surface area contributed by atoms with Crippen molar-refractivity contribution in [1.29, 1.82) is 0 Å². The summed E-state index contributed by atoms with van der Waals surface area (Å²) in [5, 5.41) is 0. The minimum absolute atomic E-state index is 0.134. The molecule has 3 aliphatic rings. The van der Waals surface area contributed by atoms with Crippen LogP contribution in [0.25, 0.3) is 0 Å². The van der Waals surface area contributed by atoms with E-state index in [0.717, 1.165) is 17.7 Å². The molecule has 1 aliphatic heterocycles. The lowest BCUT2D eigenvalue weighted by atomic mass is 9.93. The Morgan fingerprint density at radius 3 is 2.21 bits per heavy atom. The van der Waals surface area contributed by atoms with Crippen molar-refractivity contribution in [3.63, 3.8) is 0 Å². The van der Waals surface area contributed by atoms with Gasteiger partial charge in [-0.1, -0.05) is 25.5 Å². The summed E-state index contributed by atoms with van der Waals surface area (Å²) in [7, 11) is 0. The molecule has 0 aromatic heterocycles. The first kappa shape index (κ1) is 16.9. The van der Waals surface area contributed by atoms with Crippen molar-refractivity contribution in [3.05, 3.63) is 22.8 Å². The standard InChI is InChI=1S/C19H25NO4/c1-11(2)9-14-15(19(14,3)4)18(23)24-10-20-16(21)12-7-5-6-8-13(12)17(20)22/h9,14-15H,5-8,10H2,1-4H3/t14?,15-/m1/s1. The predicted octanol–water partition coefficient (Wildman–Crippen LogP) is 2.96. The Balaban J connectivity index is 1.61. The van der Waals surface area contributed by atoms with E-state index in [0.29, 0.717) is 24.0 Å². The highest BCUT2D eigenvalue weighted by molar-refractivity contribution is 6.19. The van der Waals surface area contributed by atoms with E-state index in [4.69, 9.17) is 4.74 Å². The Morgan fingerprint density at radius 1 is 1.17 bits per heavy atom. The van der Waals surface area contributed by atoms with Crippen molar-refractivity contribution in [3.8, 4) is 0 Å². The molecule has 0 spiro atoms. The normalized spacial score (nSPS) is 27.9. The first-order valence-electron chi connectivity index (χ1n) is 8.65. The van der Waals surface area contributed by atoms with Gasteiger partial charge < -0.3 is 4.74 Å². The molecule has 5 heteroatoms. The van der Waals surface area contributed by atoms with Crippen molar-refractivity contribution in [1.82, 2.24) is 4.90 Å². The molecule has 24 heavy (non-hydrogen) atoms. The largest absolute Gasteiger partial charge is 0.443 e. The summed E-state index contributed by atoms with van der Waals surface area (Å²) in [6, 6.07) is 0. The van der Waals surface area contributed by atoms with Crippen molar-refractivity contribution < 1.29 is 19.1 Å². The summed E-state index contributed by atoms with van der Waals surface area (Å²) in [5.74, 6) is -0.932. The Labute approximate surface area is 142 Å². The zero-order valence-corrected chi connectivity index (χ0v) is 14.8. The molecule has 1 saturated carbocycles. The third-order valence-corrected chi connectivity index (χ3v) is 5.49. The number of esters is 1. The van der Waals surface area contributed by atoms with Gasteiger partial charge in [0.05, 0.1) is 5.92 Å². The molecule has 1 fully saturated rings. The lowest BCUT2D eigenvalue weighted by Gasteiger charge is -2.15. The highest BCUT2D eigenvalue weighted by atomic mass is 16.5. The van der Waals surface area contributed by atoms with Gasteiger partial charge in [-0.05, 0) is 50.9 Å². The van der Waals surface area contributed by atoms with Gasteiger partial charge in [0.25, 0.3) is 11.8 Å². The van der Waals surface area contributed by atoms with E-state index < -0.39 is 0 Å². The third-order valence-electron chi connectivity index (χ3n) is 5.49. The zero-order valence-electron chi connectivity index (χ0n) is 14.8. The number of allylic oxidation sites excluding steroid dienone is 2. The van der Waals surface area contributed by atoms with Gasteiger partial charge in [0, 0.05) is 11.1 Å². The summed E-state index contributed by atoms with van der Waals surface area (Å²) in [4.78, 5) is 38.1. The molecule has 2 amide bonds. The number of carbonyl (C=O) groups is 3. The van der Waals surface area contributed by atoms with Gasteiger partial charge in [0.1, 0.15) is 0 Å². The number of nitrogens with zero attached hydrogens (tertiary/aromatic N) is 1. The highest BCUT2D eigenvalue weighted by Gasteiger charge is 2.61. The number of hydrogen-bond donors (Lipinski definition) is 0. The molecule has 130 valence electrons. The van der Waals surface area contributed by atoms with Crippen LogP contribution in [0.1, 0.15) is 53.4 Å². The molecule has 0 N–H and O–H groups in total. The van der Waals surface area contributed by atoms with Crippen molar-refractivity contribution in [2.75, 3.05) is 6.73 Å². The van der Waals surface area contributed by atoms with Gasteiger partial charge in [-0.25, -0.2) is 4.90 Å². The smallest absolute Gasteiger partial charge is 0.311 e. The maximum absolute atomic E-state index is 12.4. The summed E-state index contributed by atoms with van der Waals surface area (Å²) in [6.07, 6.45) is 5.28. The molecular formula is C19H25NO4. The van der Waals surface area contributed by atoms with E-state index in [1.54, 1.807) is 0 Å². The lowest BCUT2D eigenvalue weighted by molar-refractivity contribution is -0.156. The van der Waals surface area contributed by atoms with Crippen LogP contribution in [0.3, 0.4) is 0 Å². The molecule has 0 aromatic carbocycles. The van der Waals surface area contributed by atoms with Gasteiger partial charge in [0.2, 0.25) is 0 Å². The number of ether oxygens (including phenoxy) is 1. The molecule has 0 bridgehead atoms. The van der Waals surface area contributed by atoms with Gasteiger partial charge in [-0.3, -0.25) is 14.4 Å². The Morgan fingerprint density at radius 2 is 1.71 bits per heavy atom. The fourth-order valence-corrected chi connectivity index (χ4v) is 3.93. The molecule has 0 saturated heterocycles. The maximum Gasteiger partial charge on any atom is 0.311 e. The van der Waals surface area contributed by atoms with Gasteiger partial charge in [0.15, 0.2) is 6.73 Å². The third kappa shape index (κ3) is 2.70. The van der Waals surface area contributed by atoms with E-state index in [2.05, 4.69) is 6.08 Å². The summed E-state index contributed by atoms with van der Waals surface area (Å²) in [6.45, 7) is 7.83. The van der Waals surface area contributed by atoms with E-state index in [1.165, 1.54) is 5.57 Å². The molecule has 2 atom stereocenters. The van der Waals surface area contributed by atoms with Gasteiger partial charge in [-0.2, -0.15) is 0 Å². The molecular weight excluding hydrogens is 306 g/mol. The lowest BCUT2D eigenvalue weighted by Crippen LogP contribution is -2.35. The molecule has 2 aliphatic carbocycles. The number of amides is 2. The van der Waals surface area contributed by atoms with Crippen LogP contribution in [0.5, 0.6) is 0 Å². The number of rotatable bonds is 4. The minimum atomic E-state index is -0.326. The van der Waals surface area contributed by atoms with Crippen LogP contribution in [-0.4, -0.2) is 29.4 Å². The maximum atomic E-state index is 12.4. The first-order valence-corrected chi connectivity index (χ1v) is 8.65. The van der Waals surface area contributed by atoms with Crippen molar-refractivity contribution in [2.24, 2.45) is 17.3 Å². The second-order valence-electron chi connectivity index (χ2n) is 7.86. The second-order valence-corrected chi connectivity index (χ2v) is 7.86. The average molecular weight is 331 g/mol. The Bertz CT molecular complexity index is 639. The van der Waals surface area contributed by atoms with Crippen LogP contribution in [-0.2, 0) is 19.1 Å². The first-order chi connectivity index (χ1) is 11.2. The zero-order chi connectivity index (χ0) is 17.6. The SMILES string of the molecule is CC(C)=CC1[C@H](C(=O)OCN2C(=O)C3=C(CCCC3)C2=O)C1(C)C. The number of hydrogen-bond acceptors (Lipinski definition) is 4. The van der Waals surface area contributed by atoms with Gasteiger partial charge in [-0.15, -0.1) is 0 Å². The van der Waals surface area contributed by atoms with Crippen LogP contribution in [0.2, 0.25) is 0 Å². The highest BCUT2D eigenvalue weighted by Crippen LogP contribution is 2.59. The average Bonchev–Trinajstić information content (AvgIpc) is 2.96. The monoisotopic (exact) mass is 331 g/mol. The predicted molar refractivity (Wildman–Crippen MR) is 88.5 cm³/mol. The fraction of sp³-hybridized carbons (Fsp3) is 0.632. The van der Waals surface area contributed by atoms with Crippen LogP contribution in [0, 0.1) is 17.3 Å². The number of carbonyl (C=O) groups excluding carboxylic acids is 3. The fourth-order valence-electron chi connectivity index (χ4n) is 3.93. The molecule has 3 rings (SSSR count). The molecule has 0 aromatic rings. The van der Waals surface area contributed by atoms with E-state index in [9.17, 15) is 14.4 Å². The molecule has 1 unspecified atom stereocenters. The van der Waals surface area contributed by atoms with Crippen molar-refractivity contribution >= 4 is 17.8 Å². The molecule has 0 radical (unpaired) electrons. The van der Waals surface area contributed by atoms with Crippen LogP contribution in [0.15, 0.2) is 22.8 Å². The van der Waals surface area contributed by atoms with Crippen molar-refractivity contribution in [2.45, 2.75) is 53.4 Å². The molecule has 5 nitrogen and oxygen atoms in total. The quantitative estimate of drug-likeness (QED) is 0.451. The summed E-state index contributed by atoms with van der Waals surface area (Å²) in [5.41, 5.74) is 2.28. The minimum Gasteiger partial charge on any atom is -0.443 e.